The first-order valence-corrected chi connectivity index (χ1v) is 9.92. The van der Waals surface area contributed by atoms with Crippen LogP contribution in [-0.4, -0.2) is 22.6 Å². The third kappa shape index (κ3) is 4.78. The molecular formula is C24H23N3O4. The number of para-hydroxylation sites is 2. The zero-order chi connectivity index (χ0) is 21.6. The van der Waals surface area contributed by atoms with E-state index in [4.69, 9.17) is 9.47 Å². The van der Waals surface area contributed by atoms with E-state index in [1.165, 1.54) is 4.57 Å². The second kappa shape index (κ2) is 9.21. The van der Waals surface area contributed by atoms with E-state index in [1.807, 2.05) is 60.7 Å². The maximum atomic E-state index is 12.4. The van der Waals surface area contributed by atoms with Gasteiger partial charge in [0.2, 0.25) is 5.91 Å². The molecule has 0 bridgehead atoms. The van der Waals surface area contributed by atoms with Crippen molar-refractivity contribution in [1.82, 2.24) is 14.9 Å². The number of aromatic amines is 1. The molecule has 4 aromatic rings. The number of aromatic nitrogens is 2. The van der Waals surface area contributed by atoms with Gasteiger partial charge in [-0.2, -0.15) is 0 Å². The van der Waals surface area contributed by atoms with Crippen molar-refractivity contribution in [3.63, 3.8) is 0 Å². The number of fused-ring (bicyclic) bond motifs is 1. The Morgan fingerprint density at radius 2 is 1.74 bits per heavy atom. The summed E-state index contributed by atoms with van der Waals surface area (Å²) in [5.41, 5.74) is 3.02. The molecule has 1 heterocycles. The third-order valence-corrected chi connectivity index (χ3v) is 4.94. The van der Waals surface area contributed by atoms with E-state index in [1.54, 1.807) is 19.2 Å². The van der Waals surface area contributed by atoms with Gasteiger partial charge in [-0.05, 0) is 35.4 Å². The number of hydrogen-bond acceptors (Lipinski definition) is 4. The molecule has 0 unspecified atom stereocenters. The van der Waals surface area contributed by atoms with Crippen LogP contribution in [0.3, 0.4) is 0 Å². The van der Waals surface area contributed by atoms with Crippen molar-refractivity contribution in [2.24, 2.45) is 0 Å². The molecule has 31 heavy (non-hydrogen) atoms. The zero-order valence-corrected chi connectivity index (χ0v) is 17.1. The summed E-state index contributed by atoms with van der Waals surface area (Å²) in [6, 6.07) is 22.7. The van der Waals surface area contributed by atoms with Gasteiger partial charge in [-0.1, -0.05) is 48.5 Å². The van der Waals surface area contributed by atoms with Crippen molar-refractivity contribution >= 4 is 16.9 Å². The maximum absolute atomic E-state index is 12.4. The molecule has 0 atom stereocenters. The average Bonchev–Trinajstić information content (AvgIpc) is 3.12. The molecule has 0 aliphatic rings. The monoisotopic (exact) mass is 417 g/mol. The van der Waals surface area contributed by atoms with E-state index in [0.29, 0.717) is 35.7 Å². The summed E-state index contributed by atoms with van der Waals surface area (Å²) in [6.07, 6.45) is 0. The van der Waals surface area contributed by atoms with Crippen molar-refractivity contribution in [3.05, 3.63) is 94.4 Å². The van der Waals surface area contributed by atoms with Gasteiger partial charge in [0.15, 0.2) is 11.5 Å². The fraction of sp³-hybridized carbons (Fsp3) is 0.167. The van der Waals surface area contributed by atoms with Gasteiger partial charge in [0.25, 0.3) is 0 Å². The smallest absolute Gasteiger partial charge is 0.326 e. The van der Waals surface area contributed by atoms with Crippen molar-refractivity contribution in [3.8, 4) is 11.5 Å². The first-order valence-electron chi connectivity index (χ1n) is 9.92. The van der Waals surface area contributed by atoms with Gasteiger partial charge < -0.3 is 19.8 Å². The van der Waals surface area contributed by atoms with Crippen LogP contribution >= 0.6 is 0 Å². The van der Waals surface area contributed by atoms with Crippen LogP contribution in [0.5, 0.6) is 11.5 Å². The Morgan fingerprint density at radius 1 is 0.968 bits per heavy atom. The highest BCUT2D eigenvalue weighted by molar-refractivity contribution is 5.80. The van der Waals surface area contributed by atoms with Gasteiger partial charge in [0, 0.05) is 6.54 Å². The molecule has 1 aromatic heterocycles. The summed E-state index contributed by atoms with van der Waals surface area (Å²) < 4.78 is 12.7. The highest BCUT2D eigenvalue weighted by Crippen LogP contribution is 2.28. The molecule has 1 amide bonds. The molecule has 0 aliphatic carbocycles. The van der Waals surface area contributed by atoms with Crippen LogP contribution in [0.25, 0.3) is 11.0 Å². The quantitative estimate of drug-likeness (QED) is 0.461. The van der Waals surface area contributed by atoms with Crippen molar-refractivity contribution in [1.29, 1.82) is 0 Å². The van der Waals surface area contributed by atoms with Crippen LogP contribution in [0.4, 0.5) is 0 Å². The number of nitrogens with zero attached hydrogens (tertiary/aromatic N) is 1. The SMILES string of the molecule is COc1cc(CNC(=O)Cn2c(=O)[nH]c3ccccc32)ccc1OCc1ccccc1. The summed E-state index contributed by atoms with van der Waals surface area (Å²) in [5, 5.41) is 2.85. The van der Waals surface area contributed by atoms with Gasteiger partial charge in [-0.25, -0.2) is 4.79 Å². The molecule has 0 saturated heterocycles. The Morgan fingerprint density at radius 3 is 2.55 bits per heavy atom. The number of H-pyrrole nitrogens is 1. The van der Waals surface area contributed by atoms with Crippen LogP contribution < -0.4 is 20.5 Å². The van der Waals surface area contributed by atoms with Crippen LogP contribution in [0.1, 0.15) is 11.1 Å². The number of methoxy groups -OCH3 is 1. The minimum atomic E-state index is -0.307. The fourth-order valence-corrected chi connectivity index (χ4v) is 3.34. The van der Waals surface area contributed by atoms with Gasteiger partial charge in [-0.15, -0.1) is 0 Å². The molecule has 2 N–H and O–H groups in total. The number of amides is 1. The second-order valence-corrected chi connectivity index (χ2v) is 7.07. The number of carbonyl (C=O) groups is 1. The molecule has 4 rings (SSSR count). The first kappa shape index (κ1) is 20.3. The van der Waals surface area contributed by atoms with E-state index in [0.717, 1.165) is 11.1 Å². The van der Waals surface area contributed by atoms with Gasteiger partial charge >= 0.3 is 5.69 Å². The van der Waals surface area contributed by atoms with E-state index in [-0.39, 0.29) is 18.1 Å². The lowest BCUT2D eigenvalue weighted by atomic mass is 10.2. The number of rotatable bonds is 8. The number of ether oxygens (including phenoxy) is 2. The molecule has 0 spiro atoms. The number of imidazole rings is 1. The predicted octanol–water partition coefficient (Wildman–Crippen LogP) is 3.23. The molecule has 7 nitrogen and oxygen atoms in total. The molecule has 0 fully saturated rings. The number of benzene rings is 3. The second-order valence-electron chi connectivity index (χ2n) is 7.07. The molecule has 0 aliphatic heterocycles. The minimum absolute atomic E-state index is 0.0573. The number of hydrogen-bond donors (Lipinski definition) is 2. The normalized spacial score (nSPS) is 10.7. The highest BCUT2D eigenvalue weighted by Gasteiger charge is 2.11. The van der Waals surface area contributed by atoms with E-state index in [2.05, 4.69) is 10.3 Å². The van der Waals surface area contributed by atoms with E-state index < -0.39 is 0 Å². The Labute approximate surface area is 179 Å². The highest BCUT2D eigenvalue weighted by atomic mass is 16.5. The largest absolute Gasteiger partial charge is 0.493 e. The van der Waals surface area contributed by atoms with Crippen molar-refractivity contribution in [2.45, 2.75) is 19.7 Å². The third-order valence-electron chi connectivity index (χ3n) is 4.94. The predicted molar refractivity (Wildman–Crippen MR) is 118 cm³/mol. The van der Waals surface area contributed by atoms with Crippen molar-refractivity contribution < 1.29 is 14.3 Å². The maximum Gasteiger partial charge on any atom is 0.326 e. The Kier molecular flexibility index (Phi) is 6.03. The summed E-state index contributed by atoms with van der Waals surface area (Å²) >= 11 is 0. The summed E-state index contributed by atoms with van der Waals surface area (Å²) in [5.74, 6) is 0.970. The Hall–Kier alpha value is -4.00. The zero-order valence-electron chi connectivity index (χ0n) is 17.1. The van der Waals surface area contributed by atoms with Gasteiger partial charge in [0.1, 0.15) is 13.2 Å². The van der Waals surface area contributed by atoms with Gasteiger partial charge in [0.05, 0.1) is 18.1 Å². The standard InChI is InChI=1S/C24H23N3O4/c1-30-22-13-18(11-12-21(22)31-16-17-7-3-2-4-8-17)14-25-23(28)15-27-20-10-6-5-9-19(20)26-24(27)29/h2-13H,14-16H2,1H3,(H,25,28)(H,26,29). The Balaban J connectivity index is 1.38. The van der Waals surface area contributed by atoms with Crippen LogP contribution in [0.2, 0.25) is 0 Å². The lowest BCUT2D eigenvalue weighted by molar-refractivity contribution is -0.121. The topological polar surface area (TPSA) is 85.4 Å². The molecule has 158 valence electrons. The fourth-order valence-electron chi connectivity index (χ4n) is 3.34. The minimum Gasteiger partial charge on any atom is -0.493 e. The first-order chi connectivity index (χ1) is 15.1. The molecule has 0 radical (unpaired) electrons. The van der Waals surface area contributed by atoms with E-state index >= 15 is 0 Å². The molecular weight excluding hydrogens is 394 g/mol. The van der Waals surface area contributed by atoms with Crippen LogP contribution in [-0.2, 0) is 24.5 Å². The van der Waals surface area contributed by atoms with E-state index in [9.17, 15) is 9.59 Å². The Bertz CT molecular complexity index is 1240. The number of nitrogens with one attached hydrogen (secondary N) is 2. The molecule has 0 saturated carbocycles. The van der Waals surface area contributed by atoms with Crippen LogP contribution in [0, 0.1) is 0 Å². The van der Waals surface area contributed by atoms with Gasteiger partial charge in [-0.3, -0.25) is 9.36 Å². The number of carbonyl (C=O) groups excluding carboxylic acids is 1. The lowest BCUT2D eigenvalue weighted by Gasteiger charge is -2.13. The lowest BCUT2D eigenvalue weighted by Crippen LogP contribution is -2.31. The summed E-state index contributed by atoms with van der Waals surface area (Å²) in [6.45, 7) is 0.691. The molecule has 7 heteroatoms. The average molecular weight is 417 g/mol. The summed E-state index contributed by atoms with van der Waals surface area (Å²) in [4.78, 5) is 27.3. The molecule has 3 aromatic carbocycles. The summed E-state index contributed by atoms with van der Waals surface area (Å²) in [7, 11) is 1.58. The van der Waals surface area contributed by atoms with Crippen LogP contribution in [0.15, 0.2) is 77.6 Å². The van der Waals surface area contributed by atoms with Crippen molar-refractivity contribution in [2.75, 3.05) is 7.11 Å².